The first-order valence-electron chi connectivity index (χ1n) is 6.56. The summed E-state index contributed by atoms with van der Waals surface area (Å²) in [6, 6.07) is 3.43. The van der Waals surface area contributed by atoms with Gasteiger partial charge in [-0.25, -0.2) is 9.18 Å². The second-order valence-electron chi connectivity index (χ2n) is 5.81. The van der Waals surface area contributed by atoms with Crippen LogP contribution in [0.5, 0.6) is 0 Å². The Morgan fingerprint density at radius 3 is 2.48 bits per heavy atom. The lowest BCUT2D eigenvalue weighted by molar-refractivity contribution is -0.137. The number of amides is 1. The summed E-state index contributed by atoms with van der Waals surface area (Å²) in [6.45, 7) is 6.70. The van der Waals surface area contributed by atoms with Crippen molar-refractivity contribution in [3.05, 3.63) is 35.1 Å². The van der Waals surface area contributed by atoms with Gasteiger partial charge in [0.2, 0.25) is 0 Å². The number of alkyl carbamates (subject to hydrolysis) is 1. The Bertz CT molecular complexity index is 537. The van der Waals surface area contributed by atoms with E-state index in [9.17, 15) is 14.0 Å². The van der Waals surface area contributed by atoms with Crippen LogP contribution in [-0.2, 0) is 9.53 Å². The predicted octanol–water partition coefficient (Wildman–Crippen LogP) is 3.17. The first-order valence-corrected chi connectivity index (χ1v) is 6.56. The minimum atomic E-state index is -1.07. The molecule has 2 N–H and O–H groups in total. The average Bonchev–Trinajstić information content (AvgIpc) is 2.28. The van der Waals surface area contributed by atoms with Crippen molar-refractivity contribution in [2.45, 2.75) is 45.8 Å². The number of halogens is 1. The van der Waals surface area contributed by atoms with E-state index in [1.54, 1.807) is 27.7 Å². The first-order chi connectivity index (χ1) is 9.58. The number of aliphatic carboxylic acids is 1. The van der Waals surface area contributed by atoms with E-state index >= 15 is 0 Å². The van der Waals surface area contributed by atoms with E-state index in [0.29, 0.717) is 11.1 Å². The summed E-state index contributed by atoms with van der Waals surface area (Å²) in [4.78, 5) is 22.7. The molecule has 1 amide bonds. The number of rotatable bonds is 4. The van der Waals surface area contributed by atoms with Gasteiger partial charge in [-0.05, 0) is 44.9 Å². The molecule has 0 saturated heterocycles. The third kappa shape index (κ3) is 5.81. The van der Waals surface area contributed by atoms with Gasteiger partial charge in [0, 0.05) is 0 Å². The van der Waals surface area contributed by atoms with E-state index < -0.39 is 23.7 Å². The van der Waals surface area contributed by atoms with Crippen molar-refractivity contribution < 1.29 is 23.8 Å². The monoisotopic (exact) mass is 297 g/mol. The minimum absolute atomic E-state index is 0.315. The Hall–Kier alpha value is -2.11. The molecule has 0 aliphatic rings. The number of carbonyl (C=O) groups excluding carboxylic acids is 1. The van der Waals surface area contributed by atoms with Crippen LogP contribution in [0.3, 0.4) is 0 Å². The summed E-state index contributed by atoms with van der Waals surface area (Å²) in [7, 11) is 0. The molecule has 116 valence electrons. The van der Waals surface area contributed by atoms with Gasteiger partial charge in [0.15, 0.2) is 0 Å². The van der Waals surface area contributed by atoms with Crippen LogP contribution in [-0.4, -0.2) is 22.8 Å². The lowest BCUT2D eigenvalue weighted by Crippen LogP contribution is -2.35. The van der Waals surface area contributed by atoms with E-state index in [0.717, 1.165) is 0 Å². The maximum absolute atomic E-state index is 13.3. The topological polar surface area (TPSA) is 75.6 Å². The molecule has 1 atom stereocenters. The van der Waals surface area contributed by atoms with Crippen molar-refractivity contribution in [3.63, 3.8) is 0 Å². The van der Waals surface area contributed by atoms with Crippen LogP contribution < -0.4 is 5.32 Å². The number of aryl methyl sites for hydroxylation is 1. The van der Waals surface area contributed by atoms with Crippen LogP contribution in [0.25, 0.3) is 0 Å². The second kappa shape index (κ2) is 6.56. The van der Waals surface area contributed by atoms with Crippen LogP contribution in [0.4, 0.5) is 9.18 Å². The molecule has 0 radical (unpaired) electrons. The largest absolute Gasteiger partial charge is 0.481 e. The van der Waals surface area contributed by atoms with Crippen LogP contribution in [0, 0.1) is 12.7 Å². The third-order valence-corrected chi connectivity index (χ3v) is 2.65. The van der Waals surface area contributed by atoms with Crippen molar-refractivity contribution in [2.75, 3.05) is 0 Å². The van der Waals surface area contributed by atoms with E-state index in [-0.39, 0.29) is 12.2 Å². The number of carboxylic acid groups (broad SMARTS) is 1. The highest BCUT2D eigenvalue weighted by atomic mass is 19.1. The average molecular weight is 297 g/mol. The zero-order valence-electron chi connectivity index (χ0n) is 12.6. The summed E-state index contributed by atoms with van der Waals surface area (Å²) < 4.78 is 18.4. The van der Waals surface area contributed by atoms with Gasteiger partial charge in [-0.15, -0.1) is 0 Å². The number of carbonyl (C=O) groups is 2. The highest BCUT2D eigenvalue weighted by Gasteiger charge is 2.22. The van der Waals surface area contributed by atoms with Crippen molar-refractivity contribution in [1.82, 2.24) is 5.32 Å². The quantitative estimate of drug-likeness (QED) is 0.895. The van der Waals surface area contributed by atoms with Gasteiger partial charge in [-0.1, -0.05) is 12.1 Å². The molecule has 0 aliphatic heterocycles. The molecule has 1 rings (SSSR count). The normalized spacial score (nSPS) is 12.6. The molecule has 6 heteroatoms. The van der Waals surface area contributed by atoms with Gasteiger partial charge < -0.3 is 15.2 Å². The Morgan fingerprint density at radius 1 is 1.38 bits per heavy atom. The zero-order chi connectivity index (χ0) is 16.2. The van der Waals surface area contributed by atoms with Crippen molar-refractivity contribution in [2.24, 2.45) is 0 Å². The number of benzene rings is 1. The molecule has 0 fully saturated rings. The van der Waals surface area contributed by atoms with Crippen molar-refractivity contribution >= 4 is 12.1 Å². The fourth-order valence-corrected chi connectivity index (χ4v) is 1.76. The lowest BCUT2D eigenvalue weighted by Gasteiger charge is -2.23. The summed E-state index contributed by atoms with van der Waals surface area (Å²) >= 11 is 0. The molecule has 0 spiro atoms. The molecule has 5 nitrogen and oxygen atoms in total. The van der Waals surface area contributed by atoms with Gasteiger partial charge in [0.25, 0.3) is 0 Å². The fourth-order valence-electron chi connectivity index (χ4n) is 1.76. The van der Waals surface area contributed by atoms with Crippen molar-refractivity contribution in [1.29, 1.82) is 0 Å². The maximum atomic E-state index is 13.3. The van der Waals surface area contributed by atoms with Crippen LogP contribution in [0.2, 0.25) is 0 Å². The number of nitrogens with one attached hydrogen (secondary N) is 1. The van der Waals surface area contributed by atoms with E-state index in [4.69, 9.17) is 9.84 Å². The third-order valence-electron chi connectivity index (χ3n) is 2.65. The van der Waals surface area contributed by atoms with Crippen LogP contribution in [0.1, 0.15) is 44.4 Å². The molecule has 1 aromatic carbocycles. The smallest absolute Gasteiger partial charge is 0.408 e. The number of hydrogen-bond donors (Lipinski definition) is 2. The predicted molar refractivity (Wildman–Crippen MR) is 75.5 cm³/mol. The number of ether oxygens (including phenoxy) is 1. The molecule has 0 aromatic heterocycles. The summed E-state index contributed by atoms with van der Waals surface area (Å²) in [5, 5.41) is 11.5. The second-order valence-corrected chi connectivity index (χ2v) is 5.81. The summed E-state index contributed by atoms with van der Waals surface area (Å²) in [5.41, 5.74) is 0.215. The highest BCUT2D eigenvalue weighted by Crippen LogP contribution is 2.20. The Balaban J connectivity index is 2.92. The molecule has 0 aliphatic carbocycles. The van der Waals surface area contributed by atoms with Gasteiger partial charge in [-0.2, -0.15) is 0 Å². The first kappa shape index (κ1) is 16.9. The fraction of sp³-hybridized carbons (Fsp3) is 0.467. The van der Waals surface area contributed by atoms with Crippen LogP contribution in [0.15, 0.2) is 18.2 Å². The summed E-state index contributed by atoms with van der Waals surface area (Å²) in [5.74, 6) is -1.46. The molecule has 21 heavy (non-hydrogen) atoms. The van der Waals surface area contributed by atoms with Gasteiger partial charge in [-0.3, -0.25) is 4.79 Å². The number of hydrogen-bond acceptors (Lipinski definition) is 3. The Kier molecular flexibility index (Phi) is 5.29. The molecule has 0 unspecified atom stereocenters. The number of carboxylic acids is 1. The van der Waals surface area contributed by atoms with Crippen molar-refractivity contribution in [3.8, 4) is 0 Å². The zero-order valence-corrected chi connectivity index (χ0v) is 12.6. The maximum Gasteiger partial charge on any atom is 0.408 e. The molecule has 0 saturated carbocycles. The van der Waals surface area contributed by atoms with Gasteiger partial charge >= 0.3 is 12.1 Å². The van der Waals surface area contributed by atoms with Crippen LogP contribution >= 0.6 is 0 Å². The molecular weight excluding hydrogens is 277 g/mol. The van der Waals surface area contributed by atoms with Gasteiger partial charge in [0.1, 0.15) is 11.4 Å². The Labute approximate surface area is 123 Å². The van der Waals surface area contributed by atoms with E-state index in [1.807, 2.05) is 0 Å². The molecule has 0 bridgehead atoms. The minimum Gasteiger partial charge on any atom is -0.481 e. The molecule has 1 aromatic rings. The van der Waals surface area contributed by atoms with Gasteiger partial charge in [0.05, 0.1) is 12.5 Å². The summed E-state index contributed by atoms with van der Waals surface area (Å²) in [6.07, 6.45) is -1.03. The Morgan fingerprint density at radius 2 is 2.00 bits per heavy atom. The SMILES string of the molecule is Cc1cc([C@@H](CC(=O)O)NC(=O)OC(C)(C)C)ccc1F. The molecule has 0 heterocycles. The lowest BCUT2D eigenvalue weighted by atomic mass is 10.0. The standard InChI is InChI=1S/C15H20FNO4/c1-9-7-10(5-6-11(9)16)12(8-13(18)19)17-14(20)21-15(2,3)4/h5-7,12H,8H2,1-4H3,(H,17,20)(H,18,19)/t12-/m1/s1. The molecular formula is C15H20FNO4. The van der Waals surface area contributed by atoms with E-state index in [2.05, 4.69) is 5.32 Å². The van der Waals surface area contributed by atoms with E-state index in [1.165, 1.54) is 18.2 Å². The highest BCUT2D eigenvalue weighted by molar-refractivity contribution is 5.72.